The Bertz CT molecular complexity index is 1450. The lowest BCUT2D eigenvalue weighted by molar-refractivity contribution is -0.145. The van der Waals surface area contributed by atoms with E-state index in [9.17, 15) is 43.9 Å². The average molecular weight is 583 g/mol. The molecule has 1 saturated heterocycles. The maximum absolute atomic E-state index is 14.6. The minimum atomic E-state index is -4.82. The Morgan fingerprint density at radius 2 is 1.79 bits per heavy atom. The number of carbonyl (C=O) groups excluding carboxylic acids is 1. The van der Waals surface area contributed by atoms with Gasteiger partial charge in [-0.15, -0.1) is 0 Å². The highest BCUT2D eigenvalue weighted by atomic mass is 32.2. The molecule has 1 aliphatic rings. The topological polar surface area (TPSA) is 110 Å². The molecular weight excluding hydrogens is 561 g/mol. The molecule has 4 rings (SSSR count). The Hall–Kier alpha value is -3.60. The fourth-order valence-electron chi connectivity index (χ4n) is 4.06. The lowest BCUT2D eigenvalue weighted by Gasteiger charge is -2.26. The molecule has 39 heavy (non-hydrogen) atoms. The van der Waals surface area contributed by atoms with Crippen molar-refractivity contribution in [2.75, 3.05) is 0 Å². The van der Waals surface area contributed by atoms with Crippen LogP contribution in [0, 0.1) is 5.82 Å². The smallest absolute Gasteiger partial charge is 0.350 e. The summed E-state index contributed by atoms with van der Waals surface area (Å²) >= 11 is 0. The van der Waals surface area contributed by atoms with E-state index in [0.29, 0.717) is 4.31 Å². The molecule has 1 aliphatic heterocycles. The molecular formula is C22H21F7N6O3S. The van der Waals surface area contributed by atoms with Gasteiger partial charge in [-0.3, -0.25) is 4.79 Å². The standard InChI is InChI=1S/C22H19F7N6O3S.H2/c1-11-16(24)6-17(35(11)39(37,38)15-4-2-13(23)3-5-15)20(36)30-7-12-10-34(33-18(12)19(25)26)14-8-31-21(32-9-14)22(27,28)29;/h2-5,8-11,16-17,19H,6-7H2,1H3,(H,30,36);1H/t11-,16+,17-;/m0./s1. The fraction of sp³-hybridized carbons (Fsp3) is 0.364. The van der Waals surface area contributed by atoms with Crippen molar-refractivity contribution in [1.82, 2.24) is 29.4 Å². The van der Waals surface area contributed by atoms with Gasteiger partial charge in [0.25, 0.3) is 6.43 Å². The van der Waals surface area contributed by atoms with Gasteiger partial charge in [0.1, 0.15) is 29.4 Å². The zero-order valence-electron chi connectivity index (χ0n) is 19.8. The number of amides is 1. The van der Waals surface area contributed by atoms with E-state index in [0.717, 1.165) is 47.5 Å². The first-order valence-corrected chi connectivity index (χ1v) is 12.6. The van der Waals surface area contributed by atoms with E-state index in [4.69, 9.17) is 0 Å². The highest BCUT2D eigenvalue weighted by Crippen LogP contribution is 2.33. The molecule has 1 aromatic carbocycles. The van der Waals surface area contributed by atoms with Crippen molar-refractivity contribution in [2.24, 2.45) is 0 Å². The number of rotatable bonds is 7. The van der Waals surface area contributed by atoms with Crippen molar-refractivity contribution in [3.63, 3.8) is 0 Å². The lowest BCUT2D eigenvalue weighted by atomic mass is 10.1. The van der Waals surface area contributed by atoms with E-state index in [1.807, 2.05) is 0 Å². The van der Waals surface area contributed by atoms with Crippen molar-refractivity contribution in [3.05, 3.63) is 65.8 Å². The van der Waals surface area contributed by atoms with Crippen LogP contribution in [-0.2, 0) is 27.5 Å². The molecule has 1 fully saturated rings. The number of benzene rings is 1. The third kappa shape index (κ3) is 5.73. The molecule has 1 N–H and O–H groups in total. The summed E-state index contributed by atoms with van der Waals surface area (Å²) in [5.74, 6) is -3.14. The first kappa shape index (κ1) is 28.4. The van der Waals surface area contributed by atoms with Crippen LogP contribution in [-0.4, -0.2) is 56.6 Å². The monoisotopic (exact) mass is 582 g/mol. The van der Waals surface area contributed by atoms with Gasteiger partial charge in [0.05, 0.1) is 23.3 Å². The van der Waals surface area contributed by atoms with E-state index in [1.54, 1.807) is 0 Å². The van der Waals surface area contributed by atoms with Crippen molar-refractivity contribution in [3.8, 4) is 5.69 Å². The molecule has 0 bridgehead atoms. The maximum Gasteiger partial charge on any atom is 0.451 e. The van der Waals surface area contributed by atoms with Gasteiger partial charge in [0.2, 0.25) is 21.8 Å². The third-order valence-corrected chi connectivity index (χ3v) is 8.02. The third-order valence-electron chi connectivity index (χ3n) is 6.01. The van der Waals surface area contributed by atoms with Gasteiger partial charge in [-0.1, -0.05) is 0 Å². The summed E-state index contributed by atoms with van der Waals surface area (Å²) in [5.41, 5.74) is -1.23. The van der Waals surface area contributed by atoms with Gasteiger partial charge < -0.3 is 5.32 Å². The summed E-state index contributed by atoms with van der Waals surface area (Å²) in [4.78, 5) is 18.9. The Morgan fingerprint density at radius 3 is 2.36 bits per heavy atom. The zero-order valence-corrected chi connectivity index (χ0v) is 20.6. The predicted molar refractivity (Wildman–Crippen MR) is 121 cm³/mol. The number of sulfonamides is 1. The molecule has 3 atom stereocenters. The number of hydrogen-bond acceptors (Lipinski definition) is 6. The second kappa shape index (κ2) is 10.5. The van der Waals surface area contributed by atoms with Gasteiger partial charge in [0, 0.05) is 26.2 Å². The van der Waals surface area contributed by atoms with Crippen LogP contribution in [0.15, 0.2) is 47.8 Å². The van der Waals surface area contributed by atoms with Gasteiger partial charge in [-0.2, -0.15) is 22.6 Å². The first-order chi connectivity index (χ1) is 18.2. The molecule has 17 heteroatoms. The van der Waals surface area contributed by atoms with Crippen LogP contribution in [0.4, 0.5) is 30.7 Å². The number of carbonyl (C=O) groups is 1. The normalized spacial score (nSPS) is 20.5. The van der Waals surface area contributed by atoms with E-state index < -0.39 is 77.1 Å². The first-order valence-electron chi connectivity index (χ1n) is 11.2. The van der Waals surface area contributed by atoms with Crippen LogP contribution in [0.5, 0.6) is 0 Å². The van der Waals surface area contributed by atoms with Gasteiger partial charge in [0.15, 0.2) is 0 Å². The number of hydrogen-bond donors (Lipinski definition) is 1. The zero-order chi connectivity index (χ0) is 28.7. The number of halogens is 7. The largest absolute Gasteiger partial charge is 0.451 e. The van der Waals surface area contributed by atoms with E-state index in [-0.39, 0.29) is 17.6 Å². The molecule has 1 amide bonds. The molecule has 3 aromatic rings. The summed E-state index contributed by atoms with van der Waals surface area (Å²) in [6.07, 6.45) is -7.76. The molecule has 0 radical (unpaired) electrons. The molecule has 0 spiro atoms. The van der Waals surface area contributed by atoms with Gasteiger partial charge >= 0.3 is 6.18 Å². The Balaban J connectivity index is 0.00000441. The average Bonchev–Trinajstić information content (AvgIpc) is 3.44. The highest BCUT2D eigenvalue weighted by molar-refractivity contribution is 7.89. The molecule has 0 saturated carbocycles. The number of nitrogens with zero attached hydrogens (tertiary/aromatic N) is 5. The Kier molecular flexibility index (Phi) is 7.66. The quantitative estimate of drug-likeness (QED) is 0.425. The summed E-state index contributed by atoms with van der Waals surface area (Å²) in [7, 11) is -4.45. The van der Waals surface area contributed by atoms with Crippen molar-refractivity contribution in [1.29, 1.82) is 0 Å². The molecule has 2 aromatic heterocycles. The molecule has 9 nitrogen and oxygen atoms in total. The fourth-order valence-corrected chi connectivity index (χ4v) is 5.87. The van der Waals surface area contributed by atoms with Crippen LogP contribution in [0.3, 0.4) is 0 Å². The SMILES string of the molecule is C[C@H]1[C@H](F)C[C@@H](C(=O)NCc2cn(-c3cnc(C(F)(F)F)nc3)nc2C(F)F)N1S(=O)(=O)c1ccc(F)cc1.[HH]. The van der Waals surface area contributed by atoms with Gasteiger partial charge in [-0.05, 0) is 31.2 Å². The van der Waals surface area contributed by atoms with Crippen molar-refractivity contribution in [2.45, 2.75) is 55.6 Å². The summed E-state index contributed by atoms with van der Waals surface area (Å²) in [6, 6.07) is 0.910. The van der Waals surface area contributed by atoms with Crippen LogP contribution in [0.25, 0.3) is 5.69 Å². The van der Waals surface area contributed by atoms with Crippen LogP contribution < -0.4 is 5.32 Å². The number of nitrogens with one attached hydrogen (secondary N) is 1. The lowest BCUT2D eigenvalue weighted by Crippen LogP contribution is -2.48. The maximum atomic E-state index is 14.6. The van der Waals surface area contributed by atoms with E-state index >= 15 is 0 Å². The summed E-state index contributed by atoms with van der Waals surface area (Å²) < 4.78 is 121. The minimum absolute atomic E-state index is 0. The van der Waals surface area contributed by atoms with E-state index in [1.165, 1.54) is 6.92 Å². The molecule has 212 valence electrons. The highest BCUT2D eigenvalue weighted by Gasteiger charge is 2.49. The number of alkyl halides is 6. The van der Waals surface area contributed by atoms with Crippen molar-refractivity contribution >= 4 is 15.9 Å². The Morgan fingerprint density at radius 1 is 1.18 bits per heavy atom. The Labute approximate surface area is 218 Å². The molecule has 3 heterocycles. The van der Waals surface area contributed by atoms with Crippen molar-refractivity contribution < 1.29 is 45.4 Å². The second-order valence-corrected chi connectivity index (χ2v) is 10.4. The van der Waals surface area contributed by atoms with E-state index in [2.05, 4.69) is 20.4 Å². The molecule has 0 aliphatic carbocycles. The van der Waals surface area contributed by atoms with Crippen LogP contribution in [0.2, 0.25) is 0 Å². The minimum Gasteiger partial charge on any atom is -0.350 e. The predicted octanol–water partition coefficient (Wildman–Crippen LogP) is 3.81. The van der Waals surface area contributed by atoms with Crippen LogP contribution >= 0.6 is 0 Å². The summed E-state index contributed by atoms with van der Waals surface area (Å²) in [5, 5.41) is 5.92. The molecule has 0 unspecified atom stereocenters. The summed E-state index contributed by atoms with van der Waals surface area (Å²) in [6.45, 7) is 0.663. The van der Waals surface area contributed by atoms with Crippen LogP contribution in [0.1, 0.15) is 38.3 Å². The second-order valence-electron chi connectivity index (χ2n) is 8.56. The number of aromatic nitrogens is 4. The van der Waals surface area contributed by atoms with Gasteiger partial charge in [-0.25, -0.2) is 40.6 Å².